The van der Waals surface area contributed by atoms with Crippen molar-refractivity contribution < 1.29 is 24.3 Å². The summed E-state index contributed by atoms with van der Waals surface area (Å²) in [6.45, 7) is -0.106. The molecule has 0 fully saturated rings. The van der Waals surface area contributed by atoms with E-state index in [1.165, 1.54) is 0 Å². The van der Waals surface area contributed by atoms with E-state index in [0.717, 1.165) is 16.5 Å². The Labute approximate surface area is 213 Å². The summed E-state index contributed by atoms with van der Waals surface area (Å²) in [5.74, 6) is -3.33. The van der Waals surface area contributed by atoms with Gasteiger partial charge in [0.2, 0.25) is 17.7 Å². The number of aromatic amines is 1. The van der Waals surface area contributed by atoms with Crippen molar-refractivity contribution in [3.05, 3.63) is 36.0 Å². The molecule has 2 rings (SSSR count). The number of guanidine groups is 1. The van der Waals surface area contributed by atoms with E-state index in [-0.39, 0.29) is 18.1 Å². The first kappa shape index (κ1) is 28.5. The van der Waals surface area contributed by atoms with Crippen molar-refractivity contribution >= 4 is 53.2 Å². The number of nitrogens with two attached hydrogens (primary N) is 3. The molecule has 14 heteroatoms. The summed E-state index contributed by atoms with van der Waals surface area (Å²) in [6, 6.07) is 4.20. The number of hydrogen-bond donors (Lipinski definition) is 9. The first-order chi connectivity index (χ1) is 17.1. The highest BCUT2D eigenvalue weighted by molar-refractivity contribution is 7.80. The van der Waals surface area contributed by atoms with Gasteiger partial charge in [0.1, 0.15) is 12.1 Å². The topological polar surface area (TPSA) is 231 Å². The van der Waals surface area contributed by atoms with Crippen LogP contribution in [0.25, 0.3) is 10.9 Å². The van der Waals surface area contributed by atoms with Gasteiger partial charge in [0, 0.05) is 35.8 Å². The van der Waals surface area contributed by atoms with E-state index in [4.69, 9.17) is 17.2 Å². The SMILES string of the molecule is NC(N)=NCCCC(N)C(=O)NCC(=O)NC(Cc1c[nH]c2ccccc12)C(=O)NC(CS)C(=O)O. The summed E-state index contributed by atoms with van der Waals surface area (Å²) in [5, 5.41) is 17.5. The maximum atomic E-state index is 12.9. The zero-order valence-electron chi connectivity index (χ0n) is 19.6. The number of nitrogens with zero attached hydrogens (tertiary/aromatic N) is 1. The van der Waals surface area contributed by atoms with Crippen molar-refractivity contribution in [2.24, 2.45) is 22.2 Å². The molecule has 0 aliphatic heterocycles. The summed E-state index contributed by atoms with van der Waals surface area (Å²) in [7, 11) is 0. The molecule has 196 valence electrons. The zero-order valence-corrected chi connectivity index (χ0v) is 20.5. The van der Waals surface area contributed by atoms with Gasteiger partial charge in [-0.25, -0.2) is 4.79 Å². The number of rotatable bonds is 14. The number of aromatic nitrogens is 1. The lowest BCUT2D eigenvalue weighted by Gasteiger charge is -2.21. The number of carboxylic acids is 1. The second-order valence-corrected chi connectivity index (χ2v) is 8.40. The molecule has 2 aromatic rings. The van der Waals surface area contributed by atoms with E-state index in [2.05, 4.69) is 38.6 Å². The van der Waals surface area contributed by atoms with Crippen molar-refractivity contribution in [3.63, 3.8) is 0 Å². The summed E-state index contributed by atoms with van der Waals surface area (Å²) < 4.78 is 0. The van der Waals surface area contributed by atoms with Crippen LogP contribution in [0.2, 0.25) is 0 Å². The number of carbonyl (C=O) groups excluding carboxylic acids is 3. The van der Waals surface area contributed by atoms with Crippen LogP contribution in [0.1, 0.15) is 18.4 Å². The van der Waals surface area contributed by atoms with E-state index in [1.54, 1.807) is 6.20 Å². The van der Waals surface area contributed by atoms with Gasteiger partial charge in [-0.05, 0) is 24.5 Å². The molecule has 0 aliphatic carbocycles. The lowest BCUT2D eigenvalue weighted by atomic mass is 10.0. The minimum Gasteiger partial charge on any atom is -0.480 e. The van der Waals surface area contributed by atoms with Crippen LogP contribution in [0.5, 0.6) is 0 Å². The van der Waals surface area contributed by atoms with Crippen LogP contribution < -0.4 is 33.2 Å². The number of amides is 3. The Kier molecular flexibility index (Phi) is 11.0. The van der Waals surface area contributed by atoms with E-state index in [9.17, 15) is 24.3 Å². The van der Waals surface area contributed by atoms with Crippen molar-refractivity contribution in [1.82, 2.24) is 20.9 Å². The van der Waals surface area contributed by atoms with Crippen LogP contribution in [0, 0.1) is 0 Å². The number of carbonyl (C=O) groups is 4. The second kappa shape index (κ2) is 13.9. The molecule has 1 aromatic carbocycles. The number of H-pyrrole nitrogens is 1. The number of hydrogen-bond acceptors (Lipinski definition) is 7. The molecule has 0 radical (unpaired) electrons. The highest BCUT2D eigenvalue weighted by atomic mass is 32.1. The third-order valence-corrected chi connectivity index (χ3v) is 5.64. The fourth-order valence-corrected chi connectivity index (χ4v) is 3.63. The lowest BCUT2D eigenvalue weighted by Crippen LogP contribution is -2.54. The molecule has 3 unspecified atom stereocenters. The molecule has 1 heterocycles. The molecule has 1 aromatic heterocycles. The number of fused-ring (bicyclic) bond motifs is 1. The minimum absolute atomic E-state index is 0.0556. The number of aliphatic imine (C=N–C) groups is 1. The minimum atomic E-state index is -1.25. The zero-order chi connectivity index (χ0) is 26.7. The van der Waals surface area contributed by atoms with Crippen molar-refractivity contribution in [2.75, 3.05) is 18.8 Å². The number of para-hydroxylation sites is 1. The summed E-state index contributed by atoms with van der Waals surface area (Å²) >= 11 is 3.95. The Morgan fingerprint density at radius 1 is 1.08 bits per heavy atom. The van der Waals surface area contributed by atoms with E-state index >= 15 is 0 Å². The standard InChI is InChI=1S/C22H32N8O5S/c23-14(5-3-7-26-22(24)25)19(32)28-10-18(31)29-16(20(33)30-17(11-36)21(34)35)8-12-9-27-15-6-2-1-4-13(12)15/h1-2,4,6,9,14,16-17,27,36H,3,5,7-8,10-11,23H2,(H,28,32)(H,29,31)(H,30,33)(H,34,35)(H4,24,25,26). The monoisotopic (exact) mass is 520 g/mol. The lowest BCUT2D eigenvalue weighted by molar-refractivity contribution is -0.141. The molecule has 3 amide bonds. The van der Waals surface area contributed by atoms with Crippen LogP contribution >= 0.6 is 12.6 Å². The normalized spacial score (nSPS) is 13.3. The second-order valence-electron chi connectivity index (χ2n) is 8.04. The Morgan fingerprint density at radius 3 is 2.47 bits per heavy atom. The molecule has 36 heavy (non-hydrogen) atoms. The molecule has 11 N–H and O–H groups in total. The molecule has 13 nitrogen and oxygen atoms in total. The van der Waals surface area contributed by atoms with E-state index in [1.807, 2.05) is 24.3 Å². The number of benzene rings is 1. The van der Waals surface area contributed by atoms with Gasteiger partial charge in [-0.15, -0.1) is 0 Å². The quantitative estimate of drug-likeness (QED) is 0.0595. The highest BCUT2D eigenvalue weighted by Crippen LogP contribution is 2.19. The molecular formula is C22H32N8O5S. The molecular weight excluding hydrogens is 488 g/mol. The van der Waals surface area contributed by atoms with Crippen molar-refractivity contribution in [2.45, 2.75) is 37.4 Å². The van der Waals surface area contributed by atoms with Crippen LogP contribution in [0.3, 0.4) is 0 Å². The van der Waals surface area contributed by atoms with Crippen LogP contribution in [0.4, 0.5) is 0 Å². The Balaban J connectivity index is 2.02. The van der Waals surface area contributed by atoms with Gasteiger partial charge < -0.3 is 43.2 Å². The fraction of sp³-hybridized carbons (Fsp3) is 0.409. The third-order valence-electron chi connectivity index (χ3n) is 5.28. The number of carboxylic acid groups (broad SMARTS) is 1. The molecule has 0 aliphatic rings. The predicted octanol–water partition coefficient (Wildman–Crippen LogP) is -1.81. The first-order valence-corrected chi connectivity index (χ1v) is 11.8. The summed E-state index contributed by atoms with van der Waals surface area (Å²) in [6.07, 6.45) is 2.57. The van der Waals surface area contributed by atoms with Gasteiger partial charge in [0.25, 0.3) is 0 Å². The van der Waals surface area contributed by atoms with Crippen LogP contribution in [0.15, 0.2) is 35.5 Å². The maximum Gasteiger partial charge on any atom is 0.327 e. The molecule has 0 spiro atoms. The van der Waals surface area contributed by atoms with Crippen LogP contribution in [-0.2, 0) is 25.6 Å². The third kappa shape index (κ3) is 8.78. The summed E-state index contributed by atoms with van der Waals surface area (Å²) in [5.41, 5.74) is 17.9. The average Bonchev–Trinajstić information content (AvgIpc) is 3.25. The van der Waals surface area contributed by atoms with Gasteiger partial charge in [-0.2, -0.15) is 12.6 Å². The van der Waals surface area contributed by atoms with Crippen LogP contribution in [-0.4, -0.2) is 76.7 Å². The Bertz CT molecular complexity index is 1100. The predicted molar refractivity (Wildman–Crippen MR) is 138 cm³/mol. The average molecular weight is 521 g/mol. The van der Waals surface area contributed by atoms with Gasteiger partial charge in [0.05, 0.1) is 12.6 Å². The van der Waals surface area contributed by atoms with Gasteiger partial charge in [-0.3, -0.25) is 19.4 Å². The van der Waals surface area contributed by atoms with E-state index < -0.39 is 48.4 Å². The van der Waals surface area contributed by atoms with Gasteiger partial charge in [0.15, 0.2) is 5.96 Å². The maximum absolute atomic E-state index is 12.9. The summed E-state index contributed by atoms with van der Waals surface area (Å²) in [4.78, 5) is 55.9. The number of nitrogens with one attached hydrogen (secondary N) is 4. The van der Waals surface area contributed by atoms with Gasteiger partial charge in [-0.1, -0.05) is 18.2 Å². The highest BCUT2D eigenvalue weighted by Gasteiger charge is 2.27. The largest absolute Gasteiger partial charge is 0.480 e. The Morgan fingerprint density at radius 2 is 1.81 bits per heavy atom. The van der Waals surface area contributed by atoms with Crippen molar-refractivity contribution in [3.8, 4) is 0 Å². The van der Waals surface area contributed by atoms with Gasteiger partial charge >= 0.3 is 5.97 Å². The first-order valence-electron chi connectivity index (χ1n) is 11.2. The van der Waals surface area contributed by atoms with Crippen molar-refractivity contribution in [1.29, 1.82) is 0 Å². The smallest absolute Gasteiger partial charge is 0.327 e. The Hall–Kier alpha value is -3.78. The molecule has 3 atom stereocenters. The van der Waals surface area contributed by atoms with E-state index in [0.29, 0.717) is 19.4 Å². The number of thiol groups is 1. The molecule has 0 bridgehead atoms. The molecule has 0 saturated heterocycles. The number of aliphatic carboxylic acids is 1. The molecule has 0 saturated carbocycles. The fourth-order valence-electron chi connectivity index (χ4n) is 3.38.